The van der Waals surface area contributed by atoms with E-state index in [0.717, 1.165) is 12.1 Å². The van der Waals surface area contributed by atoms with Crippen LogP contribution in [0.2, 0.25) is 0 Å². The number of carbonyl (C=O) groups is 1. The van der Waals surface area contributed by atoms with Gasteiger partial charge in [-0.3, -0.25) is 4.79 Å². The van der Waals surface area contributed by atoms with Crippen molar-refractivity contribution >= 4 is 11.7 Å². The van der Waals surface area contributed by atoms with E-state index < -0.39 is 0 Å². The van der Waals surface area contributed by atoms with E-state index in [1.165, 1.54) is 18.2 Å². The second-order valence-corrected chi connectivity index (χ2v) is 3.93. The molecule has 0 saturated carbocycles. The zero-order valence-electron chi connectivity index (χ0n) is 9.04. The first-order valence-corrected chi connectivity index (χ1v) is 5.12. The number of hydrogen-bond acceptors (Lipinski definition) is 3. The standard InChI is InChI=1S/C12H15NO2/c1-8-4-3-5-11-10(8)6-9(13-11)7-12(14)15-2/h3-5,9,13H,6-7H2,1-2H3. The maximum atomic E-state index is 11.1. The Labute approximate surface area is 89.4 Å². The van der Waals surface area contributed by atoms with Gasteiger partial charge in [-0.15, -0.1) is 0 Å². The molecule has 0 bridgehead atoms. The van der Waals surface area contributed by atoms with Crippen molar-refractivity contribution in [3.8, 4) is 0 Å². The lowest BCUT2D eigenvalue weighted by molar-refractivity contribution is -0.140. The van der Waals surface area contributed by atoms with Gasteiger partial charge >= 0.3 is 5.97 Å². The first kappa shape index (κ1) is 10.0. The Balaban J connectivity index is 2.09. The molecule has 1 aliphatic heterocycles. The van der Waals surface area contributed by atoms with Gasteiger partial charge in [0.05, 0.1) is 13.5 Å². The van der Waals surface area contributed by atoms with Crippen LogP contribution in [0.3, 0.4) is 0 Å². The van der Waals surface area contributed by atoms with E-state index in [1.54, 1.807) is 0 Å². The molecular formula is C12H15NO2. The average molecular weight is 205 g/mol. The molecule has 0 aliphatic carbocycles. The quantitative estimate of drug-likeness (QED) is 0.749. The number of fused-ring (bicyclic) bond motifs is 1. The summed E-state index contributed by atoms with van der Waals surface area (Å²) >= 11 is 0. The lowest BCUT2D eigenvalue weighted by Gasteiger charge is -2.08. The minimum atomic E-state index is -0.155. The van der Waals surface area contributed by atoms with Gasteiger partial charge in [-0.2, -0.15) is 0 Å². The molecular weight excluding hydrogens is 190 g/mol. The summed E-state index contributed by atoms with van der Waals surface area (Å²) in [6.07, 6.45) is 1.35. The van der Waals surface area contributed by atoms with Crippen molar-refractivity contribution < 1.29 is 9.53 Å². The minimum Gasteiger partial charge on any atom is -0.469 e. The third-order valence-corrected chi connectivity index (χ3v) is 2.86. The molecule has 1 atom stereocenters. The number of esters is 1. The van der Waals surface area contributed by atoms with Crippen LogP contribution in [0, 0.1) is 6.92 Å². The summed E-state index contributed by atoms with van der Waals surface area (Å²) in [5.41, 5.74) is 3.77. The highest BCUT2D eigenvalue weighted by Gasteiger charge is 2.23. The third kappa shape index (κ3) is 1.96. The van der Waals surface area contributed by atoms with Gasteiger partial charge in [-0.05, 0) is 30.5 Å². The van der Waals surface area contributed by atoms with E-state index in [0.29, 0.717) is 6.42 Å². The molecule has 1 aliphatic rings. The van der Waals surface area contributed by atoms with Gasteiger partial charge in [0, 0.05) is 11.7 Å². The largest absolute Gasteiger partial charge is 0.469 e. The Morgan fingerprint density at radius 1 is 1.60 bits per heavy atom. The third-order valence-electron chi connectivity index (χ3n) is 2.86. The van der Waals surface area contributed by atoms with E-state index in [9.17, 15) is 4.79 Å². The minimum absolute atomic E-state index is 0.155. The van der Waals surface area contributed by atoms with Crippen LogP contribution in [-0.2, 0) is 16.0 Å². The van der Waals surface area contributed by atoms with E-state index in [2.05, 4.69) is 29.1 Å². The van der Waals surface area contributed by atoms with Gasteiger partial charge in [0.25, 0.3) is 0 Å². The molecule has 0 fully saturated rings. The Bertz CT molecular complexity index is 387. The number of benzene rings is 1. The van der Waals surface area contributed by atoms with Crippen LogP contribution in [0.4, 0.5) is 5.69 Å². The van der Waals surface area contributed by atoms with Gasteiger partial charge in [0.1, 0.15) is 0 Å². The summed E-state index contributed by atoms with van der Waals surface area (Å²) in [6.45, 7) is 2.10. The molecule has 1 unspecified atom stereocenters. The Kier molecular flexibility index (Phi) is 2.62. The van der Waals surface area contributed by atoms with E-state index in [1.807, 2.05) is 6.07 Å². The number of hydrogen-bond donors (Lipinski definition) is 1. The molecule has 0 spiro atoms. The van der Waals surface area contributed by atoms with Crippen LogP contribution in [0.15, 0.2) is 18.2 Å². The maximum absolute atomic E-state index is 11.1. The van der Waals surface area contributed by atoms with E-state index >= 15 is 0 Å². The van der Waals surface area contributed by atoms with E-state index in [4.69, 9.17) is 0 Å². The van der Waals surface area contributed by atoms with Gasteiger partial charge in [0.15, 0.2) is 0 Å². The predicted octanol–water partition coefficient (Wildman–Crippen LogP) is 1.89. The van der Waals surface area contributed by atoms with Crippen molar-refractivity contribution in [1.82, 2.24) is 0 Å². The number of rotatable bonds is 2. The molecule has 3 nitrogen and oxygen atoms in total. The maximum Gasteiger partial charge on any atom is 0.307 e. The fraction of sp³-hybridized carbons (Fsp3) is 0.417. The lowest BCUT2D eigenvalue weighted by atomic mass is 10.0. The highest BCUT2D eigenvalue weighted by molar-refractivity contribution is 5.72. The van der Waals surface area contributed by atoms with Crippen LogP contribution < -0.4 is 5.32 Å². The molecule has 0 aromatic heterocycles. The molecule has 3 heteroatoms. The number of anilines is 1. The topological polar surface area (TPSA) is 38.3 Å². The Hall–Kier alpha value is -1.51. The summed E-state index contributed by atoms with van der Waals surface area (Å²) in [4.78, 5) is 11.1. The number of aryl methyl sites for hydroxylation is 1. The first-order valence-electron chi connectivity index (χ1n) is 5.12. The van der Waals surface area contributed by atoms with E-state index in [-0.39, 0.29) is 12.0 Å². The molecule has 2 rings (SSSR count). The van der Waals surface area contributed by atoms with Crippen LogP contribution in [0.1, 0.15) is 17.5 Å². The molecule has 1 heterocycles. The van der Waals surface area contributed by atoms with Crippen molar-refractivity contribution in [3.05, 3.63) is 29.3 Å². The summed E-state index contributed by atoms with van der Waals surface area (Å²) in [5, 5.41) is 3.34. The SMILES string of the molecule is COC(=O)CC1Cc2c(C)cccc2N1. The number of carbonyl (C=O) groups excluding carboxylic acids is 1. The zero-order chi connectivity index (χ0) is 10.8. The molecule has 1 aromatic rings. The van der Waals surface area contributed by atoms with Crippen molar-refractivity contribution in [2.24, 2.45) is 0 Å². The molecule has 0 saturated heterocycles. The highest BCUT2D eigenvalue weighted by Crippen LogP contribution is 2.29. The molecule has 0 radical (unpaired) electrons. The second-order valence-electron chi connectivity index (χ2n) is 3.93. The first-order chi connectivity index (χ1) is 7.20. The predicted molar refractivity (Wildman–Crippen MR) is 58.9 cm³/mol. The smallest absolute Gasteiger partial charge is 0.307 e. The lowest BCUT2D eigenvalue weighted by Crippen LogP contribution is -2.20. The zero-order valence-corrected chi connectivity index (χ0v) is 9.04. The second kappa shape index (κ2) is 3.93. The van der Waals surface area contributed by atoms with Gasteiger partial charge in [0.2, 0.25) is 0 Å². The fourth-order valence-corrected chi connectivity index (χ4v) is 2.03. The number of methoxy groups -OCH3 is 1. The van der Waals surface area contributed by atoms with Crippen molar-refractivity contribution in [1.29, 1.82) is 0 Å². The Morgan fingerprint density at radius 3 is 3.07 bits per heavy atom. The normalized spacial score (nSPS) is 18.1. The van der Waals surface area contributed by atoms with Crippen LogP contribution >= 0.6 is 0 Å². The molecule has 1 N–H and O–H groups in total. The Morgan fingerprint density at radius 2 is 2.40 bits per heavy atom. The molecule has 15 heavy (non-hydrogen) atoms. The molecule has 1 aromatic carbocycles. The summed E-state index contributed by atoms with van der Waals surface area (Å²) in [6, 6.07) is 6.37. The van der Waals surface area contributed by atoms with Crippen molar-refractivity contribution in [2.75, 3.05) is 12.4 Å². The summed E-state index contributed by atoms with van der Waals surface area (Å²) < 4.78 is 4.66. The monoisotopic (exact) mass is 205 g/mol. The van der Waals surface area contributed by atoms with Gasteiger partial charge in [-0.1, -0.05) is 12.1 Å². The van der Waals surface area contributed by atoms with Crippen LogP contribution in [0.5, 0.6) is 0 Å². The number of nitrogens with one attached hydrogen (secondary N) is 1. The van der Waals surface area contributed by atoms with Crippen LogP contribution in [-0.4, -0.2) is 19.1 Å². The van der Waals surface area contributed by atoms with Crippen LogP contribution in [0.25, 0.3) is 0 Å². The van der Waals surface area contributed by atoms with Gasteiger partial charge in [-0.25, -0.2) is 0 Å². The summed E-state index contributed by atoms with van der Waals surface area (Å²) in [7, 11) is 1.43. The van der Waals surface area contributed by atoms with Gasteiger partial charge < -0.3 is 10.1 Å². The molecule has 80 valence electrons. The van der Waals surface area contributed by atoms with Crippen molar-refractivity contribution in [2.45, 2.75) is 25.8 Å². The van der Waals surface area contributed by atoms with Crippen molar-refractivity contribution in [3.63, 3.8) is 0 Å². The average Bonchev–Trinajstić information content (AvgIpc) is 2.62. The summed E-state index contributed by atoms with van der Waals surface area (Å²) in [5.74, 6) is -0.155. The number of ether oxygens (including phenoxy) is 1. The fourth-order valence-electron chi connectivity index (χ4n) is 2.03. The highest BCUT2D eigenvalue weighted by atomic mass is 16.5. The molecule has 0 amide bonds.